The molecular formula is C28H30O17. The highest BCUT2D eigenvalue weighted by atomic mass is 16.7. The first-order valence-corrected chi connectivity index (χ1v) is 13.4. The number of hydrogen-bond donors (Lipinski definition) is 9. The second kappa shape index (κ2) is 12.7. The summed E-state index contributed by atoms with van der Waals surface area (Å²) in [4.78, 5) is 25.1. The van der Waals surface area contributed by atoms with Crippen molar-refractivity contribution in [1.82, 2.24) is 0 Å². The van der Waals surface area contributed by atoms with Crippen molar-refractivity contribution in [3.05, 3.63) is 40.6 Å². The molecule has 0 saturated carbocycles. The Labute approximate surface area is 252 Å². The molecule has 9 atom stereocenters. The van der Waals surface area contributed by atoms with Gasteiger partial charge in [0.25, 0.3) is 0 Å². The number of hydrogen-bond acceptors (Lipinski definition) is 17. The van der Waals surface area contributed by atoms with E-state index in [9.17, 15) is 55.5 Å². The van der Waals surface area contributed by atoms with Crippen LogP contribution in [-0.4, -0.2) is 120 Å². The average molecular weight is 639 g/mol. The fourth-order valence-corrected chi connectivity index (χ4v) is 4.91. The van der Waals surface area contributed by atoms with Gasteiger partial charge in [0.05, 0.1) is 13.2 Å². The van der Waals surface area contributed by atoms with Gasteiger partial charge in [-0.2, -0.15) is 0 Å². The maximum atomic E-state index is 13.6. The number of phenolic OH excluding ortho intramolecular Hbond substituents is 4. The molecule has 0 aliphatic carbocycles. The third-order valence-corrected chi connectivity index (χ3v) is 7.21. The molecule has 0 amide bonds. The van der Waals surface area contributed by atoms with Crippen molar-refractivity contribution in [2.75, 3.05) is 13.2 Å². The summed E-state index contributed by atoms with van der Waals surface area (Å²) in [6.07, 6.45) is -15.1. The quantitative estimate of drug-likeness (QED) is 0.105. The molecule has 244 valence electrons. The van der Waals surface area contributed by atoms with Crippen molar-refractivity contribution in [3.8, 4) is 40.1 Å². The van der Waals surface area contributed by atoms with Crippen LogP contribution in [0, 0.1) is 0 Å². The van der Waals surface area contributed by atoms with Crippen LogP contribution in [0.15, 0.2) is 39.5 Å². The Morgan fingerprint density at radius 1 is 0.889 bits per heavy atom. The van der Waals surface area contributed by atoms with Gasteiger partial charge in [-0.15, -0.1) is 0 Å². The van der Waals surface area contributed by atoms with Crippen molar-refractivity contribution in [3.63, 3.8) is 0 Å². The maximum absolute atomic E-state index is 13.6. The molecule has 1 aromatic heterocycles. The van der Waals surface area contributed by atoms with E-state index in [1.165, 1.54) is 6.07 Å². The minimum atomic E-state index is -1.99. The van der Waals surface area contributed by atoms with Crippen LogP contribution in [0.4, 0.5) is 0 Å². The Morgan fingerprint density at radius 3 is 2.31 bits per heavy atom. The van der Waals surface area contributed by atoms with Gasteiger partial charge in [-0.1, -0.05) is 0 Å². The standard InChI is InChI=1S/C28H30O17/c1-9(29)42-26-19(35)15(34)7-40-28(26)41-8-17-20(36)22(38)23(39)27(44-17)45-25-21(37)18-14(33)5-11(30)6-16(18)43-24(25)10-2-3-12(31)13(32)4-10/h2-6,15,17,19-20,22-23,26-28,30-36,38-39H,7-8H2,1H3. The van der Waals surface area contributed by atoms with Gasteiger partial charge in [0.1, 0.15) is 59.1 Å². The Morgan fingerprint density at radius 2 is 1.62 bits per heavy atom. The minimum Gasteiger partial charge on any atom is -0.508 e. The number of fused-ring (bicyclic) bond motifs is 1. The Balaban J connectivity index is 1.47. The molecule has 0 spiro atoms. The lowest BCUT2D eigenvalue weighted by Gasteiger charge is -2.41. The van der Waals surface area contributed by atoms with Crippen LogP contribution in [-0.2, 0) is 23.7 Å². The summed E-state index contributed by atoms with van der Waals surface area (Å²) in [6.45, 7) is 0.0296. The molecule has 17 heteroatoms. The van der Waals surface area contributed by atoms with E-state index in [-0.39, 0.29) is 11.1 Å². The summed E-state index contributed by atoms with van der Waals surface area (Å²) in [5, 5.41) is 91.7. The average Bonchev–Trinajstić information content (AvgIpc) is 2.97. The topological polar surface area (TPSA) is 275 Å². The Hall–Kier alpha value is -4.20. The first-order valence-electron chi connectivity index (χ1n) is 13.4. The number of esters is 1. The summed E-state index contributed by atoms with van der Waals surface area (Å²) < 4.78 is 32.9. The van der Waals surface area contributed by atoms with Gasteiger partial charge in [0.15, 0.2) is 29.7 Å². The summed E-state index contributed by atoms with van der Waals surface area (Å²) in [5.74, 6) is -4.21. The van der Waals surface area contributed by atoms with E-state index in [0.717, 1.165) is 31.2 Å². The minimum absolute atomic E-state index is 0.0420. The van der Waals surface area contributed by atoms with Crippen molar-refractivity contribution >= 4 is 16.9 Å². The number of rotatable bonds is 7. The van der Waals surface area contributed by atoms with Gasteiger partial charge < -0.3 is 74.1 Å². The zero-order valence-corrected chi connectivity index (χ0v) is 23.3. The number of carbonyl (C=O) groups is 1. The first kappa shape index (κ1) is 32.2. The first-order chi connectivity index (χ1) is 21.3. The van der Waals surface area contributed by atoms with Gasteiger partial charge in [0, 0.05) is 24.6 Å². The summed E-state index contributed by atoms with van der Waals surface area (Å²) in [6, 6.07) is 5.20. The highest BCUT2D eigenvalue weighted by Crippen LogP contribution is 2.39. The van der Waals surface area contributed by atoms with E-state index in [4.69, 9.17) is 28.1 Å². The predicted octanol–water partition coefficient (Wildman–Crippen LogP) is -1.50. The molecule has 45 heavy (non-hydrogen) atoms. The maximum Gasteiger partial charge on any atom is 0.303 e. The zero-order valence-electron chi connectivity index (χ0n) is 23.3. The van der Waals surface area contributed by atoms with E-state index < -0.39 is 120 Å². The molecular weight excluding hydrogens is 608 g/mol. The van der Waals surface area contributed by atoms with Crippen molar-refractivity contribution < 1.29 is 78.9 Å². The molecule has 9 N–H and O–H groups in total. The van der Waals surface area contributed by atoms with E-state index in [0.29, 0.717) is 0 Å². The molecule has 5 rings (SSSR count). The smallest absolute Gasteiger partial charge is 0.303 e. The molecule has 2 fully saturated rings. The Bertz CT molecular complexity index is 1620. The van der Waals surface area contributed by atoms with E-state index in [2.05, 4.69) is 0 Å². The Kier molecular flexibility index (Phi) is 9.06. The lowest BCUT2D eigenvalue weighted by molar-refractivity contribution is -0.309. The van der Waals surface area contributed by atoms with Crippen molar-refractivity contribution in [2.45, 2.75) is 62.2 Å². The summed E-state index contributed by atoms with van der Waals surface area (Å²) in [5.41, 5.74) is -1.38. The fourth-order valence-electron chi connectivity index (χ4n) is 4.91. The van der Waals surface area contributed by atoms with Crippen molar-refractivity contribution in [2.24, 2.45) is 0 Å². The molecule has 2 saturated heterocycles. The predicted molar refractivity (Wildman–Crippen MR) is 145 cm³/mol. The van der Waals surface area contributed by atoms with Gasteiger partial charge in [-0.3, -0.25) is 9.59 Å². The van der Waals surface area contributed by atoms with Crippen LogP contribution in [0.3, 0.4) is 0 Å². The normalized spacial score (nSPS) is 30.2. The highest BCUT2D eigenvalue weighted by molar-refractivity contribution is 5.88. The number of carbonyl (C=O) groups excluding carboxylic acids is 1. The number of ether oxygens (including phenoxy) is 5. The lowest BCUT2D eigenvalue weighted by Crippen LogP contribution is -2.61. The van der Waals surface area contributed by atoms with Crippen LogP contribution in [0.1, 0.15) is 6.92 Å². The largest absolute Gasteiger partial charge is 0.508 e. The molecule has 2 aliphatic rings. The monoisotopic (exact) mass is 638 g/mol. The molecule has 0 bridgehead atoms. The van der Waals surface area contributed by atoms with E-state index >= 15 is 0 Å². The van der Waals surface area contributed by atoms with Crippen LogP contribution in [0.5, 0.6) is 28.7 Å². The molecule has 3 aromatic rings. The number of aliphatic hydroxyl groups excluding tert-OH is 5. The number of phenols is 4. The van der Waals surface area contributed by atoms with Crippen molar-refractivity contribution in [1.29, 1.82) is 0 Å². The summed E-state index contributed by atoms with van der Waals surface area (Å²) in [7, 11) is 0. The van der Waals surface area contributed by atoms with Crippen LogP contribution in [0.2, 0.25) is 0 Å². The molecule has 2 aromatic carbocycles. The van der Waals surface area contributed by atoms with Gasteiger partial charge in [-0.05, 0) is 18.2 Å². The zero-order chi connectivity index (χ0) is 32.7. The highest BCUT2D eigenvalue weighted by Gasteiger charge is 2.47. The van der Waals surface area contributed by atoms with E-state index in [1.807, 2.05) is 0 Å². The van der Waals surface area contributed by atoms with Crippen LogP contribution >= 0.6 is 0 Å². The third-order valence-electron chi connectivity index (χ3n) is 7.21. The molecule has 2 aliphatic heterocycles. The summed E-state index contributed by atoms with van der Waals surface area (Å²) >= 11 is 0. The molecule has 17 nitrogen and oxygen atoms in total. The number of aromatic hydroxyl groups is 4. The van der Waals surface area contributed by atoms with E-state index in [1.54, 1.807) is 0 Å². The lowest BCUT2D eigenvalue weighted by atomic mass is 9.99. The fraction of sp³-hybridized carbons (Fsp3) is 0.429. The molecule has 9 unspecified atom stereocenters. The van der Waals surface area contributed by atoms with Gasteiger partial charge >= 0.3 is 5.97 Å². The second-order valence-electron chi connectivity index (χ2n) is 10.4. The third kappa shape index (κ3) is 6.33. The molecule has 3 heterocycles. The second-order valence-corrected chi connectivity index (χ2v) is 10.4. The SMILES string of the molecule is CC(=O)OC1C(OCC2OC(Oc3c(-c4ccc(O)c(O)c4)oc4cc(O)cc(O)c4c3=O)C(O)C(O)C2O)OCC(O)C1O. The van der Waals surface area contributed by atoms with Crippen LogP contribution < -0.4 is 10.2 Å². The van der Waals surface area contributed by atoms with Gasteiger partial charge in [0.2, 0.25) is 17.5 Å². The number of aliphatic hydroxyl groups is 5. The number of benzene rings is 2. The molecule has 0 radical (unpaired) electrons. The van der Waals surface area contributed by atoms with Gasteiger partial charge in [-0.25, -0.2) is 0 Å². The van der Waals surface area contributed by atoms with Crippen LogP contribution in [0.25, 0.3) is 22.3 Å².